The molecule has 6 nitrogen and oxygen atoms in total. The maximum Gasteiger partial charge on any atom is 0.231 e. The Bertz CT molecular complexity index is 772. The van der Waals surface area contributed by atoms with Crippen molar-refractivity contribution >= 4 is 0 Å². The topological polar surface area (TPSA) is 66.4 Å². The third-order valence-electron chi connectivity index (χ3n) is 4.34. The molecule has 0 radical (unpaired) electrons. The molecule has 0 aliphatic carbocycles. The summed E-state index contributed by atoms with van der Waals surface area (Å²) in [5, 5.41) is 10.6. The third-order valence-corrected chi connectivity index (χ3v) is 4.34. The number of aliphatic hydroxyl groups is 1. The molecule has 0 bridgehead atoms. The minimum atomic E-state index is -0.694. The van der Waals surface area contributed by atoms with Crippen molar-refractivity contribution in [3.63, 3.8) is 0 Å². The maximum atomic E-state index is 10.6. The van der Waals surface area contributed by atoms with Crippen LogP contribution in [0.1, 0.15) is 17.2 Å². The van der Waals surface area contributed by atoms with Crippen molar-refractivity contribution in [2.45, 2.75) is 18.6 Å². The molecule has 24 heavy (non-hydrogen) atoms. The number of hydrogen-bond acceptors (Lipinski definition) is 6. The molecule has 1 N–H and O–H groups in total. The van der Waals surface area contributed by atoms with Crippen LogP contribution in [0.5, 0.6) is 28.7 Å². The van der Waals surface area contributed by atoms with E-state index in [1.807, 2.05) is 24.3 Å². The number of aliphatic hydroxyl groups excluding tert-OH is 1. The lowest BCUT2D eigenvalue weighted by Crippen LogP contribution is -2.30. The average molecular weight is 330 g/mol. The lowest BCUT2D eigenvalue weighted by Gasteiger charge is -2.32. The SMILES string of the molecule is COc1cc(OC)c2c(c1)O[C@@H](c1ccc3c(c1)OCO3)[C@@H](O)C2. The van der Waals surface area contributed by atoms with Gasteiger partial charge in [-0.25, -0.2) is 0 Å². The minimum Gasteiger partial charge on any atom is -0.496 e. The van der Waals surface area contributed by atoms with Crippen LogP contribution in [-0.2, 0) is 6.42 Å². The van der Waals surface area contributed by atoms with E-state index in [2.05, 4.69) is 0 Å². The molecule has 126 valence electrons. The van der Waals surface area contributed by atoms with Gasteiger partial charge < -0.3 is 28.8 Å². The van der Waals surface area contributed by atoms with E-state index in [1.54, 1.807) is 20.3 Å². The molecule has 2 heterocycles. The molecule has 2 aromatic carbocycles. The summed E-state index contributed by atoms with van der Waals surface area (Å²) in [4.78, 5) is 0. The Kier molecular flexibility index (Phi) is 3.61. The van der Waals surface area contributed by atoms with E-state index >= 15 is 0 Å². The van der Waals surface area contributed by atoms with Crippen LogP contribution in [-0.4, -0.2) is 32.2 Å². The highest BCUT2D eigenvalue weighted by molar-refractivity contribution is 5.53. The maximum absolute atomic E-state index is 10.6. The van der Waals surface area contributed by atoms with Crippen LogP contribution in [0.3, 0.4) is 0 Å². The van der Waals surface area contributed by atoms with E-state index in [0.717, 1.165) is 11.1 Å². The van der Waals surface area contributed by atoms with Crippen molar-refractivity contribution in [3.05, 3.63) is 41.5 Å². The molecule has 0 amide bonds. The molecule has 2 aromatic rings. The van der Waals surface area contributed by atoms with Gasteiger partial charge in [0.15, 0.2) is 11.5 Å². The van der Waals surface area contributed by atoms with Gasteiger partial charge in [0.1, 0.15) is 23.4 Å². The van der Waals surface area contributed by atoms with Gasteiger partial charge in [-0.05, 0) is 17.7 Å². The van der Waals surface area contributed by atoms with Crippen molar-refractivity contribution in [2.75, 3.05) is 21.0 Å². The van der Waals surface area contributed by atoms with Gasteiger partial charge in [-0.2, -0.15) is 0 Å². The predicted octanol–water partition coefficient (Wildman–Crippen LogP) is 2.47. The second-order valence-corrected chi connectivity index (χ2v) is 5.73. The van der Waals surface area contributed by atoms with Crippen LogP contribution in [0.4, 0.5) is 0 Å². The quantitative estimate of drug-likeness (QED) is 0.933. The summed E-state index contributed by atoms with van der Waals surface area (Å²) in [5.74, 6) is 3.31. The van der Waals surface area contributed by atoms with E-state index in [4.69, 9.17) is 23.7 Å². The second-order valence-electron chi connectivity index (χ2n) is 5.73. The van der Waals surface area contributed by atoms with E-state index < -0.39 is 12.2 Å². The first-order valence-corrected chi connectivity index (χ1v) is 7.68. The fourth-order valence-corrected chi connectivity index (χ4v) is 3.11. The first kappa shape index (κ1) is 15.0. The molecule has 0 aromatic heterocycles. The Morgan fingerprint density at radius 1 is 1.00 bits per heavy atom. The van der Waals surface area contributed by atoms with Gasteiger partial charge in [0, 0.05) is 24.1 Å². The smallest absolute Gasteiger partial charge is 0.231 e. The van der Waals surface area contributed by atoms with Gasteiger partial charge in [-0.1, -0.05) is 6.07 Å². The van der Waals surface area contributed by atoms with E-state index in [9.17, 15) is 5.11 Å². The standard InChI is InChI=1S/C18H18O6/c1-20-11-6-15(21-2)12-8-13(19)18(24-16(12)7-11)10-3-4-14-17(5-10)23-9-22-14/h3-7,13,18-19H,8-9H2,1-2H3/t13-,18-/m0/s1. The fourth-order valence-electron chi connectivity index (χ4n) is 3.11. The van der Waals surface area contributed by atoms with E-state index in [0.29, 0.717) is 35.2 Å². The zero-order valence-electron chi connectivity index (χ0n) is 13.4. The molecule has 6 heteroatoms. The van der Waals surface area contributed by atoms with Crippen molar-refractivity contribution in [1.82, 2.24) is 0 Å². The van der Waals surface area contributed by atoms with Gasteiger partial charge >= 0.3 is 0 Å². The van der Waals surface area contributed by atoms with Crippen LogP contribution in [0.15, 0.2) is 30.3 Å². The van der Waals surface area contributed by atoms with Crippen LogP contribution >= 0.6 is 0 Å². The molecule has 2 aliphatic rings. The molecule has 0 saturated carbocycles. The number of ether oxygens (including phenoxy) is 5. The number of hydrogen-bond donors (Lipinski definition) is 1. The highest BCUT2D eigenvalue weighted by Crippen LogP contribution is 2.44. The van der Waals surface area contributed by atoms with Crippen molar-refractivity contribution in [1.29, 1.82) is 0 Å². The van der Waals surface area contributed by atoms with Gasteiger partial charge in [0.25, 0.3) is 0 Å². The molecule has 4 rings (SSSR count). The van der Waals surface area contributed by atoms with Crippen LogP contribution < -0.4 is 23.7 Å². The van der Waals surface area contributed by atoms with Gasteiger partial charge in [0.05, 0.1) is 20.3 Å². The first-order chi connectivity index (χ1) is 11.7. The van der Waals surface area contributed by atoms with Crippen LogP contribution in [0.25, 0.3) is 0 Å². The summed E-state index contributed by atoms with van der Waals surface area (Å²) in [7, 11) is 3.18. The molecular weight excluding hydrogens is 312 g/mol. The summed E-state index contributed by atoms with van der Waals surface area (Å²) < 4.78 is 27.5. The summed E-state index contributed by atoms with van der Waals surface area (Å²) in [6, 6.07) is 9.15. The van der Waals surface area contributed by atoms with E-state index in [-0.39, 0.29) is 6.79 Å². The lowest BCUT2D eigenvalue weighted by molar-refractivity contribution is 0.0197. The summed E-state index contributed by atoms with van der Waals surface area (Å²) >= 11 is 0. The second kappa shape index (κ2) is 5.79. The zero-order chi connectivity index (χ0) is 16.7. The Morgan fingerprint density at radius 3 is 2.62 bits per heavy atom. The highest BCUT2D eigenvalue weighted by atomic mass is 16.7. The predicted molar refractivity (Wildman–Crippen MR) is 85.2 cm³/mol. The lowest BCUT2D eigenvalue weighted by atomic mass is 9.94. The average Bonchev–Trinajstić information content (AvgIpc) is 3.08. The van der Waals surface area contributed by atoms with Crippen LogP contribution in [0.2, 0.25) is 0 Å². The molecule has 0 saturated heterocycles. The van der Waals surface area contributed by atoms with Gasteiger partial charge in [-0.3, -0.25) is 0 Å². The minimum absolute atomic E-state index is 0.212. The van der Waals surface area contributed by atoms with Crippen molar-refractivity contribution < 1.29 is 28.8 Å². The Hall–Kier alpha value is -2.60. The molecule has 0 fully saturated rings. The first-order valence-electron chi connectivity index (χ1n) is 7.68. The number of benzene rings is 2. The van der Waals surface area contributed by atoms with Crippen molar-refractivity contribution in [2.24, 2.45) is 0 Å². The zero-order valence-corrected chi connectivity index (χ0v) is 13.4. The molecular formula is C18H18O6. The number of fused-ring (bicyclic) bond motifs is 2. The van der Waals surface area contributed by atoms with Gasteiger partial charge in [0.2, 0.25) is 6.79 Å². The normalized spacial score (nSPS) is 21.0. The Balaban J connectivity index is 1.71. The number of methoxy groups -OCH3 is 2. The van der Waals surface area contributed by atoms with E-state index in [1.165, 1.54) is 0 Å². The monoisotopic (exact) mass is 330 g/mol. The summed E-state index contributed by atoms with van der Waals surface area (Å²) in [6.07, 6.45) is -0.759. The Morgan fingerprint density at radius 2 is 1.83 bits per heavy atom. The largest absolute Gasteiger partial charge is 0.496 e. The molecule has 2 atom stereocenters. The highest BCUT2D eigenvalue weighted by Gasteiger charge is 2.33. The molecule has 0 spiro atoms. The fraction of sp³-hybridized carbons (Fsp3) is 0.333. The number of rotatable bonds is 3. The Labute approximate surface area is 139 Å². The summed E-state index contributed by atoms with van der Waals surface area (Å²) in [6.45, 7) is 0.212. The third kappa shape index (κ3) is 2.39. The summed E-state index contributed by atoms with van der Waals surface area (Å²) in [5.41, 5.74) is 1.67. The molecule has 2 aliphatic heterocycles. The molecule has 0 unspecified atom stereocenters. The van der Waals surface area contributed by atoms with Crippen LogP contribution in [0, 0.1) is 0 Å². The van der Waals surface area contributed by atoms with Gasteiger partial charge in [-0.15, -0.1) is 0 Å². The van der Waals surface area contributed by atoms with Crippen molar-refractivity contribution in [3.8, 4) is 28.7 Å².